The van der Waals surface area contributed by atoms with Crippen LogP contribution in [0.4, 0.5) is 0 Å². The second-order valence-corrected chi connectivity index (χ2v) is 3.77. The van der Waals surface area contributed by atoms with Crippen LogP contribution in [0.1, 0.15) is 24.7 Å². The van der Waals surface area contributed by atoms with Gasteiger partial charge >= 0.3 is 0 Å². The second-order valence-electron chi connectivity index (χ2n) is 3.34. The molecule has 3 heteroatoms. The van der Waals surface area contributed by atoms with Crippen molar-refractivity contribution in [3.63, 3.8) is 0 Å². The summed E-state index contributed by atoms with van der Waals surface area (Å²) in [7, 11) is 0. The van der Waals surface area contributed by atoms with Gasteiger partial charge in [0.25, 0.3) is 0 Å². The van der Waals surface area contributed by atoms with Gasteiger partial charge in [0.05, 0.1) is 13.2 Å². The Morgan fingerprint density at radius 2 is 1.86 bits per heavy atom. The molecule has 1 heterocycles. The average Bonchev–Trinajstić information content (AvgIpc) is 2.45. The third kappa shape index (κ3) is 2.47. The fourth-order valence-electron chi connectivity index (χ4n) is 1.48. The monoisotopic (exact) mass is 212 g/mol. The van der Waals surface area contributed by atoms with Gasteiger partial charge in [-0.2, -0.15) is 0 Å². The highest BCUT2D eigenvalue weighted by molar-refractivity contribution is 6.30. The molecule has 1 saturated heterocycles. The van der Waals surface area contributed by atoms with Gasteiger partial charge < -0.3 is 9.47 Å². The molecule has 0 bridgehead atoms. The zero-order valence-electron chi connectivity index (χ0n) is 7.91. The molecule has 2 nitrogen and oxygen atoms in total. The summed E-state index contributed by atoms with van der Waals surface area (Å²) < 4.78 is 11.1. The normalized spacial score (nSPS) is 19.2. The van der Waals surface area contributed by atoms with Crippen molar-refractivity contribution in [2.24, 2.45) is 0 Å². The minimum atomic E-state index is -0.240. The lowest BCUT2D eigenvalue weighted by Crippen LogP contribution is -2.06. The first-order valence-corrected chi connectivity index (χ1v) is 5.23. The largest absolute Gasteiger partial charge is 0.348 e. The van der Waals surface area contributed by atoms with Crippen molar-refractivity contribution < 1.29 is 9.47 Å². The maximum absolute atomic E-state index is 5.89. The van der Waals surface area contributed by atoms with Gasteiger partial charge in [0.15, 0.2) is 6.29 Å². The molecule has 0 saturated carbocycles. The Bertz CT molecular complexity index is 293. The van der Waals surface area contributed by atoms with Gasteiger partial charge in [-0.05, 0) is 25.0 Å². The molecule has 0 spiro atoms. The summed E-state index contributed by atoms with van der Waals surface area (Å²) in [6, 6.07) is 7.62. The van der Waals surface area contributed by atoms with Crippen molar-refractivity contribution in [3.05, 3.63) is 34.9 Å². The Morgan fingerprint density at radius 1 is 1.14 bits per heavy atom. The van der Waals surface area contributed by atoms with Crippen LogP contribution in [0.3, 0.4) is 0 Å². The number of rotatable bonds is 1. The molecule has 76 valence electrons. The fourth-order valence-corrected chi connectivity index (χ4v) is 1.68. The van der Waals surface area contributed by atoms with Crippen molar-refractivity contribution in [1.82, 2.24) is 0 Å². The fraction of sp³-hybridized carbons (Fsp3) is 0.455. The van der Waals surface area contributed by atoms with Gasteiger partial charge in [0.1, 0.15) is 0 Å². The second kappa shape index (κ2) is 4.78. The van der Waals surface area contributed by atoms with E-state index in [1.165, 1.54) is 0 Å². The SMILES string of the molecule is Clc1cccc(C2OCCCCO2)c1. The van der Waals surface area contributed by atoms with Crippen LogP contribution in [0.5, 0.6) is 0 Å². The van der Waals surface area contributed by atoms with Crippen molar-refractivity contribution in [2.75, 3.05) is 13.2 Å². The van der Waals surface area contributed by atoms with E-state index in [1.807, 2.05) is 24.3 Å². The van der Waals surface area contributed by atoms with Crippen molar-refractivity contribution >= 4 is 11.6 Å². The first-order chi connectivity index (χ1) is 6.86. The molecule has 2 rings (SSSR count). The predicted octanol–water partition coefficient (Wildman–Crippen LogP) is 3.17. The van der Waals surface area contributed by atoms with Gasteiger partial charge in [-0.25, -0.2) is 0 Å². The molecular weight excluding hydrogens is 200 g/mol. The molecule has 0 N–H and O–H groups in total. The van der Waals surface area contributed by atoms with Crippen LogP contribution in [0, 0.1) is 0 Å². The van der Waals surface area contributed by atoms with E-state index in [0.29, 0.717) is 0 Å². The van der Waals surface area contributed by atoms with Gasteiger partial charge in [0.2, 0.25) is 0 Å². The zero-order chi connectivity index (χ0) is 9.80. The van der Waals surface area contributed by atoms with Crippen LogP contribution >= 0.6 is 11.6 Å². The lowest BCUT2D eigenvalue weighted by molar-refractivity contribution is -0.130. The molecule has 14 heavy (non-hydrogen) atoms. The molecule has 0 unspecified atom stereocenters. The number of benzene rings is 1. The summed E-state index contributed by atoms with van der Waals surface area (Å²) in [6.07, 6.45) is 1.89. The molecule has 0 amide bonds. The lowest BCUT2D eigenvalue weighted by atomic mass is 10.2. The summed E-state index contributed by atoms with van der Waals surface area (Å²) in [6.45, 7) is 1.52. The van der Waals surface area contributed by atoms with Crippen molar-refractivity contribution in [1.29, 1.82) is 0 Å². The van der Waals surface area contributed by atoms with Crippen LogP contribution in [-0.4, -0.2) is 13.2 Å². The highest BCUT2D eigenvalue weighted by atomic mass is 35.5. The molecule has 1 aromatic carbocycles. The Morgan fingerprint density at radius 3 is 2.50 bits per heavy atom. The van der Waals surface area contributed by atoms with E-state index in [2.05, 4.69) is 0 Å². The van der Waals surface area contributed by atoms with Gasteiger partial charge in [0, 0.05) is 10.6 Å². The molecule has 1 aliphatic heterocycles. The summed E-state index contributed by atoms with van der Waals surface area (Å²) in [4.78, 5) is 0. The third-order valence-corrected chi connectivity index (χ3v) is 2.43. The maximum Gasteiger partial charge on any atom is 0.183 e. The van der Waals surface area contributed by atoms with Gasteiger partial charge in [-0.3, -0.25) is 0 Å². The molecule has 0 radical (unpaired) electrons. The average molecular weight is 213 g/mol. The minimum absolute atomic E-state index is 0.240. The van der Waals surface area contributed by atoms with Crippen LogP contribution < -0.4 is 0 Å². The number of halogens is 1. The number of ether oxygens (including phenoxy) is 2. The first-order valence-electron chi connectivity index (χ1n) is 4.85. The quantitative estimate of drug-likeness (QED) is 0.712. The van der Waals surface area contributed by atoms with E-state index in [-0.39, 0.29) is 6.29 Å². The minimum Gasteiger partial charge on any atom is -0.348 e. The van der Waals surface area contributed by atoms with E-state index in [4.69, 9.17) is 21.1 Å². The lowest BCUT2D eigenvalue weighted by Gasteiger charge is -2.15. The standard InChI is InChI=1S/C11H13ClO2/c12-10-5-3-4-9(8-10)11-13-6-1-2-7-14-11/h3-5,8,11H,1-2,6-7H2. The first kappa shape index (κ1) is 9.97. The highest BCUT2D eigenvalue weighted by Crippen LogP contribution is 2.24. The van der Waals surface area contributed by atoms with E-state index in [0.717, 1.165) is 36.6 Å². The predicted molar refractivity (Wildman–Crippen MR) is 55.3 cm³/mol. The smallest absolute Gasteiger partial charge is 0.183 e. The number of hydrogen-bond donors (Lipinski definition) is 0. The number of hydrogen-bond acceptors (Lipinski definition) is 2. The van der Waals surface area contributed by atoms with Gasteiger partial charge in [-0.1, -0.05) is 23.7 Å². The molecule has 1 fully saturated rings. The maximum atomic E-state index is 5.89. The Labute approximate surface area is 88.8 Å². The Kier molecular flexibility index (Phi) is 3.40. The summed E-state index contributed by atoms with van der Waals surface area (Å²) in [5, 5.41) is 0.721. The summed E-state index contributed by atoms with van der Waals surface area (Å²) in [5.41, 5.74) is 0.999. The Balaban J connectivity index is 2.12. The van der Waals surface area contributed by atoms with E-state index >= 15 is 0 Å². The topological polar surface area (TPSA) is 18.5 Å². The van der Waals surface area contributed by atoms with E-state index in [1.54, 1.807) is 0 Å². The molecule has 1 aliphatic rings. The van der Waals surface area contributed by atoms with Crippen LogP contribution in [0.25, 0.3) is 0 Å². The van der Waals surface area contributed by atoms with Crippen LogP contribution in [-0.2, 0) is 9.47 Å². The molecular formula is C11H13ClO2. The third-order valence-electron chi connectivity index (χ3n) is 2.20. The molecule has 1 aromatic rings. The Hall–Kier alpha value is -0.570. The summed E-state index contributed by atoms with van der Waals surface area (Å²) >= 11 is 5.89. The highest BCUT2D eigenvalue weighted by Gasteiger charge is 2.14. The zero-order valence-corrected chi connectivity index (χ0v) is 8.67. The van der Waals surface area contributed by atoms with Gasteiger partial charge in [-0.15, -0.1) is 0 Å². The van der Waals surface area contributed by atoms with Crippen LogP contribution in [0.2, 0.25) is 5.02 Å². The molecule has 0 aromatic heterocycles. The van der Waals surface area contributed by atoms with Crippen LogP contribution in [0.15, 0.2) is 24.3 Å². The molecule has 0 atom stereocenters. The molecule has 0 aliphatic carbocycles. The van der Waals surface area contributed by atoms with E-state index in [9.17, 15) is 0 Å². The van der Waals surface area contributed by atoms with E-state index < -0.39 is 0 Å². The van der Waals surface area contributed by atoms with Crippen molar-refractivity contribution in [3.8, 4) is 0 Å². The van der Waals surface area contributed by atoms with Crippen molar-refractivity contribution in [2.45, 2.75) is 19.1 Å². The summed E-state index contributed by atoms with van der Waals surface area (Å²) in [5.74, 6) is 0.